The van der Waals surface area contributed by atoms with E-state index in [4.69, 9.17) is 16.3 Å². The minimum Gasteiger partial charge on any atom is -0.492 e. The summed E-state index contributed by atoms with van der Waals surface area (Å²) in [6, 6.07) is 6.71. The maximum absolute atomic E-state index is 5.91. The van der Waals surface area contributed by atoms with Crippen molar-refractivity contribution < 1.29 is 4.74 Å². The molecule has 0 unspecified atom stereocenters. The Morgan fingerprint density at radius 2 is 2.25 bits per heavy atom. The van der Waals surface area contributed by atoms with Gasteiger partial charge in [-0.3, -0.25) is 0 Å². The van der Waals surface area contributed by atoms with Crippen molar-refractivity contribution >= 4 is 11.6 Å². The van der Waals surface area contributed by atoms with Crippen LogP contribution in [-0.2, 0) is 6.42 Å². The van der Waals surface area contributed by atoms with Gasteiger partial charge in [-0.05, 0) is 18.9 Å². The zero-order valence-electron chi connectivity index (χ0n) is 7.36. The van der Waals surface area contributed by atoms with Gasteiger partial charge in [0.05, 0.1) is 11.6 Å². The summed E-state index contributed by atoms with van der Waals surface area (Å²) in [6.07, 6.45) is 0.934. The molecule has 1 nitrogen and oxygen atoms in total. The third kappa shape index (κ3) is 1.92. The summed E-state index contributed by atoms with van der Waals surface area (Å²) in [5.41, 5.74) is 1.14. The van der Waals surface area contributed by atoms with Crippen LogP contribution in [0.3, 0.4) is 0 Å². The zero-order chi connectivity index (χ0) is 8.97. The Kier molecular flexibility index (Phi) is 3.42. The van der Waals surface area contributed by atoms with Gasteiger partial charge in [-0.25, -0.2) is 0 Å². The van der Waals surface area contributed by atoms with Gasteiger partial charge in [-0.1, -0.05) is 30.7 Å². The number of hydrogen-bond donors (Lipinski definition) is 0. The third-order valence-electron chi connectivity index (χ3n) is 1.66. The van der Waals surface area contributed by atoms with Gasteiger partial charge in [0.15, 0.2) is 0 Å². The molecule has 12 heavy (non-hydrogen) atoms. The van der Waals surface area contributed by atoms with Crippen LogP contribution in [0.15, 0.2) is 12.1 Å². The summed E-state index contributed by atoms with van der Waals surface area (Å²) in [7, 11) is 0. The molecule has 0 aromatic heterocycles. The molecular formula is C10H12ClO. The second-order valence-corrected chi connectivity index (χ2v) is 2.81. The van der Waals surface area contributed by atoms with Crippen LogP contribution in [-0.4, -0.2) is 6.61 Å². The Hall–Kier alpha value is -0.690. The molecule has 0 aliphatic carbocycles. The number of hydrogen-bond acceptors (Lipinski definition) is 1. The maximum Gasteiger partial charge on any atom is 0.141 e. The quantitative estimate of drug-likeness (QED) is 0.700. The topological polar surface area (TPSA) is 9.23 Å². The molecule has 0 aliphatic heterocycles. The van der Waals surface area contributed by atoms with Crippen LogP contribution < -0.4 is 4.74 Å². The van der Waals surface area contributed by atoms with Crippen molar-refractivity contribution in [1.29, 1.82) is 0 Å². The molecule has 0 spiro atoms. The SMILES string of the molecule is CCOc1c(Cl)[c]ccc1CC. The summed E-state index contributed by atoms with van der Waals surface area (Å²) in [5.74, 6) is 0.782. The van der Waals surface area contributed by atoms with Gasteiger partial charge >= 0.3 is 0 Å². The predicted octanol–water partition coefficient (Wildman–Crippen LogP) is 3.10. The van der Waals surface area contributed by atoms with E-state index in [1.54, 1.807) is 0 Å². The number of benzene rings is 1. The molecule has 1 aromatic rings. The maximum atomic E-state index is 5.91. The molecule has 0 amide bonds. The van der Waals surface area contributed by atoms with Gasteiger partial charge in [0.2, 0.25) is 0 Å². The van der Waals surface area contributed by atoms with Gasteiger partial charge in [0, 0.05) is 6.07 Å². The van der Waals surface area contributed by atoms with E-state index in [1.165, 1.54) is 0 Å². The Bertz CT molecular complexity index is 258. The van der Waals surface area contributed by atoms with E-state index in [0.29, 0.717) is 11.6 Å². The first-order valence-electron chi connectivity index (χ1n) is 4.11. The van der Waals surface area contributed by atoms with Gasteiger partial charge in [-0.15, -0.1) is 0 Å². The summed E-state index contributed by atoms with van der Waals surface area (Å²) < 4.78 is 5.40. The van der Waals surface area contributed by atoms with E-state index in [1.807, 2.05) is 19.1 Å². The Balaban J connectivity index is 3.02. The molecule has 0 atom stereocenters. The standard InChI is InChI=1S/C10H12ClO/c1-3-8-6-5-7-9(11)10(8)12-4-2/h5-6H,3-4H2,1-2H3. The van der Waals surface area contributed by atoms with E-state index in [9.17, 15) is 0 Å². The largest absolute Gasteiger partial charge is 0.492 e. The highest BCUT2D eigenvalue weighted by Gasteiger charge is 2.05. The average Bonchev–Trinajstić information content (AvgIpc) is 2.09. The fraction of sp³-hybridized carbons (Fsp3) is 0.400. The molecule has 65 valence electrons. The molecule has 0 aliphatic rings. The van der Waals surface area contributed by atoms with Crippen LogP contribution in [0.5, 0.6) is 5.75 Å². The first kappa shape index (κ1) is 9.40. The first-order chi connectivity index (χ1) is 5.79. The highest BCUT2D eigenvalue weighted by Crippen LogP contribution is 2.28. The van der Waals surface area contributed by atoms with E-state index in [-0.39, 0.29) is 0 Å². The highest BCUT2D eigenvalue weighted by molar-refractivity contribution is 6.32. The molecule has 0 fully saturated rings. The Morgan fingerprint density at radius 3 is 2.83 bits per heavy atom. The molecule has 1 radical (unpaired) electrons. The molecule has 1 rings (SSSR count). The van der Waals surface area contributed by atoms with Crippen LogP contribution in [0.4, 0.5) is 0 Å². The Labute approximate surface area is 78.3 Å². The summed E-state index contributed by atoms with van der Waals surface area (Å²) in [6.45, 7) is 4.67. The lowest BCUT2D eigenvalue weighted by Crippen LogP contribution is -1.96. The number of rotatable bonds is 3. The fourth-order valence-electron chi connectivity index (χ4n) is 1.08. The van der Waals surface area contributed by atoms with E-state index >= 15 is 0 Å². The predicted molar refractivity (Wildman–Crippen MR) is 50.8 cm³/mol. The normalized spacial score (nSPS) is 9.92. The summed E-state index contributed by atoms with van der Waals surface area (Å²) >= 11 is 5.91. The average molecular weight is 184 g/mol. The summed E-state index contributed by atoms with van der Waals surface area (Å²) in [5, 5.41) is 0.580. The summed E-state index contributed by atoms with van der Waals surface area (Å²) in [4.78, 5) is 0. The van der Waals surface area contributed by atoms with Gasteiger partial charge in [0.1, 0.15) is 5.75 Å². The van der Waals surface area contributed by atoms with E-state index < -0.39 is 0 Å². The van der Waals surface area contributed by atoms with Crippen molar-refractivity contribution in [1.82, 2.24) is 0 Å². The number of halogens is 1. The van der Waals surface area contributed by atoms with E-state index in [2.05, 4.69) is 13.0 Å². The third-order valence-corrected chi connectivity index (χ3v) is 1.94. The number of ether oxygens (including phenoxy) is 1. The molecule has 1 aromatic carbocycles. The van der Waals surface area contributed by atoms with Crippen LogP contribution in [0, 0.1) is 6.07 Å². The molecular weight excluding hydrogens is 172 g/mol. The van der Waals surface area contributed by atoms with Crippen molar-refractivity contribution in [2.24, 2.45) is 0 Å². The lowest BCUT2D eigenvalue weighted by Gasteiger charge is -2.09. The molecule has 0 saturated carbocycles. The fourth-order valence-corrected chi connectivity index (χ4v) is 1.32. The zero-order valence-corrected chi connectivity index (χ0v) is 8.11. The second kappa shape index (κ2) is 4.36. The van der Waals surface area contributed by atoms with Crippen LogP contribution >= 0.6 is 11.6 Å². The van der Waals surface area contributed by atoms with Gasteiger partial charge in [-0.2, -0.15) is 0 Å². The van der Waals surface area contributed by atoms with Crippen molar-refractivity contribution in [3.05, 3.63) is 28.8 Å². The van der Waals surface area contributed by atoms with E-state index in [0.717, 1.165) is 17.7 Å². The monoisotopic (exact) mass is 183 g/mol. The van der Waals surface area contributed by atoms with Gasteiger partial charge in [0.25, 0.3) is 0 Å². The van der Waals surface area contributed by atoms with Crippen LogP contribution in [0.25, 0.3) is 0 Å². The highest BCUT2D eigenvalue weighted by atomic mass is 35.5. The minimum atomic E-state index is 0.580. The van der Waals surface area contributed by atoms with Gasteiger partial charge < -0.3 is 4.74 Å². The molecule has 0 heterocycles. The Morgan fingerprint density at radius 1 is 1.50 bits per heavy atom. The lowest BCUT2D eigenvalue weighted by atomic mass is 10.1. The number of aryl methyl sites for hydroxylation is 1. The van der Waals surface area contributed by atoms with Crippen molar-refractivity contribution in [3.63, 3.8) is 0 Å². The molecule has 0 bridgehead atoms. The van der Waals surface area contributed by atoms with Crippen molar-refractivity contribution in [2.75, 3.05) is 6.61 Å². The minimum absolute atomic E-state index is 0.580. The van der Waals surface area contributed by atoms with Crippen molar-refractivity contribution in [3.8, 4) is 5.75 Å². The first-order valence-corrected chi connectivity index (χ1v) is 4.49. The molecule has 0 saturated heterocycles. The van der Waals surface area contributed by atoms with Crippen LogP contribution in [0.2, 0.25) is 5.02 Å². The second-order valence-electron chi connectivity index (χ2n) is 2.43. The molecule has 2 heteroatoms. The lowest BCUT2D eigenvalue weighted by molar-refractivity contribution is 0.337. The smallest absolute Gasteiger partial charge is 0.141 e. The van der Waals surface area contributed by atoms with Crippen molar-refractivity contribution in [2.45, 2.75) is 20.3 Å². The molecule has 0 N–H and O–H groups in total. The van der Waals surface area contributed by atoms with Crippen LogP contribution in [0.1, 0.15) is 19.4 Å².